The molecule has 0 amide bonds. The summed E-state index contributed by atoms with van der Waals surface area (Å²) in [5.74, 6) is 0. The van der Waals surface area contributed by atoms with Crippen LogP contribution in [-0.4, -0.2) is -0.0619 Å². The van der Waals surface area contributed by atoms with Gasteiger partial charge in [-0.1, -0.05) is 67.8 Å². The highest BCUT2D eigenvalue weighted by Crippen LogP contribution is 2.16. The zero-order valence-electron chi connectivity index (χ0n) is 2.21. The normalized spacial score (nSPS) is 7.20. The molecule has 0 atom stereocenters. The molecule has 0 spiro atoms. The van der Waals surface area contributed by atoms with Crippen molar-refractivity contribution in [1.29, 1.82) is 0 Å². The van der Waals surface area contributed by atoms with Crippen LogP contribution in [0.15, 0.2) is 0 Å². The molecule has 0 aliphatic carbocycles. The first-order valence-corrected chi connectivity index (χ1v) is 4.39. The summed E-state index contributed by atoms with van der Waals surface area (Å²) in [4.78, 5) is 0. The number of hydrogen-bond acceptors (Lipinski definition) is 0. The summed E-state index contributed by atoms with van der Waals surface area (Å²) < 4.78 is 0.743. The second-order valence-electron chi connectivity index (χ2n) is 0.247. The summed E-state index contributed by atoms with van der Waals surface area (Å²) in [6.45, 7) is 0. The molecule has 0 rings (SSSR count). The lowest BCUT2D eigenvalue weighted by Gasteiger charge is -1.71. The van der Waals surface area contributed by atoms with Crippen LogP contribution in [-0.2, 0) is 0 Å². The summed E-state index contributed by atoms with van der Waals surface area (Å²) in [5, 5.41) is 0. The minimum atomic E-state index is 0. The SMILES string of the molecule is IC(I)I.S. The summed E-state index contributed by atoms with van der Waals surface area (Å²) in [6.07, 6.45) is 0. The van der Waals surface area contributed by atoms with Gasteiger partial charge in [0.15, 0.2) is 0 Å². The second-order valence-corrected chi connectivity index (χ2v) is 11.1. The lowest BCUT2D eigenvalue weighted by atomic mass is 12.0. The molecule has 34 valence electrons. The van der Waals surface area contributed by atoms with Gasteiger partial charge < -0.3 is 0 Å². The Balaban J connectivity index is 0. The molecule has 0 nitrogen and oxygen atoms in total. The van der Waals surface area contributed by atoms with Crippen LogP contribution < -0.4 is 0 Å². The van der Waals surface area contributed by atoms with Crippen LogP contribution in [0.5, 0.6) is 0 Å². The molecule has 0 unspecified atom stereocenters. The summed E-state index contributed by atoms with van der Waals surface area (Å²) >= 11 is 6.95. The quantitative estimate of drug-likeness (QED) is 0.412. The monoisotopic (exact) mass is 428 g/mol. The molecule has 0 aromatic carbocycles. The molecule has 4 heteroatoms. The predicted molar refractivity (Wildman–Crippen MR) is 56.2 cm³/mol. The van der Waals surface area contributed by atoms with E-state index >= 15 is 0 Å². The first-order valence-electron chi connectivity index (χ1n) is 0.655. The van der Waals surface area contributed by atoms with Gasteiger partial charge in [-0.3, -0.25) is 0 Å². The van der Waals surface area contributed by atoms with Crippen molar-refractivity contribution in [3.63, 3.8) is 0 Å². The van der Waals surface area contributed by atoms with Crippen molar-refractivity contribution in [2.75, 3.05) is 0 Å². The van der Waals surface area contributed by atoms with Crippen molar-refractivity contribution < 1.29 is 0 Å². The summed E-state index contributed by atoms with van der Waals surface area (Å²) in [7, 11) is 0. The molecule has 0 saturated carbocycles. The fourth-order valence-electron chi connectivity index (χ4n) is 0. The van der Waals surface area contributed by atoms with Crippen molar-refractivity contribution in [2.45, 2.75) is -0.0619 Å². The number of alkyl halides is 3. The van der Waals surface area contributed by atoms with Gasteiger partial charge in [-0.15, -0.1) is 0 Å². The number of rotatable bonds is 0. The lowest BCUT2D eigenvalue weighted by Crippen LogP contribution is -1.47. The van der Waals surface area contributed by atoms with E-state index in [1.807, 2.05) is 0 Å². The smallest absolute Gasteiger partial charge is 0.114 e. The van der Waals surface area contributed by atoms with E-state index in [0.29, 0.717) is 0 Å². The van der Waals surface area contributed by atoms with Gasteiger partial charge >= 0.3 is 0 Å². The van der Waals surface area contributed by atoms with Crippen molar-refractivity contribution in [1.82, 2.24) is 0 Å². The fourth-order valence-corrected chi connectivity index (χ4v) is 0. The molecular formula is CH3I3S. The van der Waals surface area contributed by atoms with Gasteiger partial charge in [-0.25, -0.2) is 0 Å². The van der Waals surface area contributed by atoms with Crippen LogP contribution >= 0.6 is 81.3 Å². The first kappa shape index (κ1) is 10.5. The van der Waals surface area contributed by atoms with Crippen LogP contribution in [0, 0.1) is 0 Å². The molecule has 0 aliphatic rings. The van der Waals surface area contributed by atoms with Crippen molar-refractivity contribution >= 4 is 81.3 Å². The molecular weight excluding hydrogens is 425 g/mol. The molecule has 0 N–H and O–H groups in total. The molecule has 0 heterocycles. The van der Waals surface area contributed by atoms with Gasteiger partial charge in [0.25, 0.3) is 0 Å². The molecule has 5 heavy (non-hydrogen) atoms. The third kappa shape index (κ3) is 20.9. The van der Waals surface area contributed by atoms with Crippen LogP contribution in [0.1, 0.15) is 0 Å². The Bertz CT molecular complexity index is 11.6. The minimum Gasteiger partial charge on any atom is -0.197 e. The third-order valence-corrected chi connectivity index (χ3v) is 0. The van der Waals surface area contributed by atoms with E-state index in [1.54, 1.807) is 0 Å². The maximum absolute atomic E-state index is 2.32. The number of halogens is 3. The average molecular weight is 428 g/mol. The summed E-state index contributed by atoms with van der Waals surface area (Å²) in [6, 6.07) is 0. The molecule has 0 saturated heterocycles. The topological polar surface area (TPSA) is 0 Å². The molecule has 0 bridgehead atoms. The highest BCUT2D eigenvalue weighted by molar-refractivity contribution is 14.3. The molecule has 0 aromatic heterocycles. The van der Waals surface area contributed by atoms with E-state index < -0.39 is 0 Å². The highest BCUT2D eigenvalue weighted by Gasteiger charge is 1.76. The zero-order valence-corrected chi connectivity index (χ0v) is 9.68. The van der Waals surface area contributed by atoms with Gasteiger partial charge in [0.2, 0.25) is 0 Å². The molecule has 0 radical (unpaired) electrons. The fraction of sp³-hybridized carbons (Fsp3) is 1.00. The Morgan fingerprint density at radius 1 is 1.00 bits per heavy atom. The Morgan fingerprint density at radius 3 is 1.00 bits per heavy atom. The Kier molecular flexibility index (Phi) is 13.7. The van der Waals surface area contributed by atoms with Crippen molar-refractivity contribution in [3.05, 3.63) is 0 Å². The van der Waals surface area contributed by atoms with Crippen LogP contribution in [0.2, 0.25) is 0 Å². The Morgan fingerprint density at radius 2 is 1.00 bits per heavy atom. The van der Waals surface area contributed by atoms with Crippen molar-refractivity contribution in [2.24, 2.45) is 0 Å². The van der Waals surface area contributed by atoms with E-state index in [-0.39, 0.29) is 13.5 Å². The largest absolute Gasteiger partial charge is 0.197 e. The molecule has 0 fully saturated rings. The second kappa shape index (κ2) is 6.54. The van der Waals surface area contributed by atoms with Crippen molar-refractivity contribution in [3.8, 4) is 0 Å². The maximum Gasteiger partial charge on any atom is 0.114 e. The molecule has 0 aliphatic heterocycles. The van der Waals surface area contributed by atoms with E-state index in [2.05, 4.69) is 67.8 Å². The van der Waals surface area contributed by atoms with E-state index in [9.17, 15) is 0 Å². The third-order valence-electron chi connectivity index (χ3n) is 0. The van der Waals surface area contributed by atoms with Gasteiger partial charge in [0, 0.05) is 0 Å². The van der Waals surface area contributed by atoms with E-state index in [4.69, 9.17) is 0 Å². The Hall–Kier alpha value is 2.54. The van der Waals surface area contributed by atoms with Gasteiger partial charge in [0.05, 0.1) is 0 Å². The maximum atomic E-state index is 2.32. The highest BCUT2D eigenvalue weighted by atomic mass is 127. The van der Waals surface area contributed by atoms with Gasteiger partial charge in [-0.2, -0.15) is 13.5 Å². The zero-order chi connectivity index (χ0) is 3.58. The summed E-state index contributed by atoms with van der Waals surface area (Å²) in [5.41, 5.74) is 0. The Labute approximate surface area is 79.7 Å². The van der Waals surface area contributed by atoms with Gasteiger partial charge in [-0.05, 0) is 0 Å². The first-order chi connectivity index (χ1) is 1.73. The van der Waals surface area contributed by atoms with E-state index in [0.717, 1.165) is -0.0619 Å². The van der Waals surface area contributed by atoms with Crippen LogP contribution in [0.25, 0.3) is 0 Å². The average Bonchev–Trinajstić information content (AvgIpc) is 0.811. The van der Waals surface area contributed by atoms with Gasteiger partial charge in [0.1, 0.15) is -0.0619 Å². The number of hydrogen-bond donors (Lipinski definition) is 0. The lowest BCUT2D eigenvalue weighted by molar-refractivity contribution is 2.47. The van der Waals surface area contributed by atoms with Crippen LogP contribution in [0.3, 0.4) is 0 Å². The molecule has 0 aromatic rings. The predicted octanol–water partition coefficient (Wildman–Crippen LogP) is 2.69. The van der Waals surface area contributed by atoms with Crippen LogP contribution in [0.4, 0.5) is 0 Å². The standard InChI is InChI=1S/CHI3.H2S/c2-1(3)4;/h1H;1H2. The van der Waals surface area contributed by atoms with E-state index in [1.165, 1.54) is 0 Å². The minimum absolute atomic E-state index is 0.